The van der Waals surface area contributed by atoms with E-state index >= 15 is 0 Å². The predicted molar refractivity (Wildman–Crippen MR) is 94.4 cm³/mol. The average molecular weight is 344 g/mol. The number of piperazine rings is 1. The number of imide groups is 1. The Balaban J connectivity index is 1.59. The zero-order chi connectivity index (χ0) is 18.1. The van der Waals surface area contributed by atoms with Gasteiger partial charge in [0.15, 0.2) is 0 Å². The maximum Gasteiger partial charge on any atom is 0.327 e. The van der Waals surface area contributed by atoms with Crippen molar-refractivity contribution in [3.8, 4) is 0 Å². The molecule has 0 atom stereocenters. The van der Waals surface area contributed by atoms with Gasteiger partial charge in [-0.25, -0.2) is 4.79 Å². The number of likely N-dealkylation sites (N-methyl/N-ethyl adjacent to an activating group) is 1. The maximum absolute atomic E-state index is 12.5. The van der Waals surface area contributed by atoms with Crippen LogP contribution in [0.15, 0.2) is 18.2 Å². The summed E-state index contributed by atoms with van der Waals surface area (Å²) in [4.78, 5) is 42.5. The number of anilines is 1. The minimum absolute atomic E-state index is 0.0481. The molecule has 7 heteroatoms. The van der Waals surface area contributed by atoms with Gasteiger partial charge in [0.25, 0.3) is 5.91 Å². The van der Waals surface area contributed by atoms with E-state index in [1.165, 1.54) is 21.7 Å². The van der Waals surface area contributed by atoms with E-state index in [9.17, 15) is 14.4 Å². The third-order valence-electron chi connectivity index (χ3n) is 5.07. The molecule has 2 saturated heterocycles. The van der Waals surface area contributed by atoms with Gasteiger partial charge in [-0.1, -0.05) is 12.1 Å². The number of nitrogens with zero attached hydrogens (tertiary/aromatic N) is 4. The van der Waals surface area contributed by atoms with Crippen molar-refractivity contribution >= 4 is 23.5 Å². The molecule has 0 radical (unpaired) electrons. The van der Waals surface area contributed by atoms with E-state index in [-0.39, 0.29) is 24.9 Å². The molecule has 2 heterocycles. The van der Waals surface area contributed by atoms with Crippen LogP contribution in [0, 0.1) is 13.8 Å². The van der Waals surface area contributed by atoms with E-state index in [4.69, 9.17) is 0 Å². The first kappa shape index (κ1) is 17.3. The number of carbonyl (C=O) groups is 3. The van der Waals surface area contributed by atoms with Crippen LogP contribution in [0.1, 0.15) is 11.1 Å². The van der Waals surface area contributed by atoms with E-state index < -0.39 is 6.03 Å². The summed E-state index contributed by atoms with van der Waals surface area (Å²) < 4.78 is 0. The molecule has 0 unspecified atom stereocenters. The van der Waals surface area contributed by atoms with Gasteiger partial charge in [0.05, 0.1) is 0 Å². The zero-order valence-corrected chi connectivity index (χ0v) is 15.0. The SMILES string of the molecule is Cc1cccc(N2CCN(C(=O)CN3C(=O)CN(C)C3=O)CC2)c1C. The van der Waals surface area contributed by atoms with Crippen molar-refractivity contribution in [2.75, 3.05) is 51.2 Å². The second-order valence-corrected chi connectivity index (χ2v) is 6.71. The molecule has 2 fully saturated rings. The number of aryl methyl sites for hydroxylation is 1. The lowest BCUT2D eigenvalue weighted by atomic mass is 10.1. The Morgan fingerprint density at radius 3 is 2.36 bits per heavy atom. The number of amides is 4. The first-order valence-corrected chi connectivity index (χ1v) is 8.53. The molecule has 0 N–H and O–H groups in total. The van der Waals surface area contributed by atoms with Gasteiger partial charge in [0, 0.05) is 38.9 Å². The quantitative estimate of drug-likeness (QED) is 0.763. The predicted octanol–water partition coefficient (Wildman–Crippen LogP) is 0.846. The molecule has 4 amide bonds. The molecule has 2 aliphatic rings. The third kappa shape index (κ3) is 3.31. The number of hydrogen-bond acceptors (Lipinski definition) is 4. The molecule has 0 aromatic heterocycles. The van der Waals surface area contributed by atoms with Crippen LogP contribution in [-0.4, -0.2) is 78.9 Å². The van der Waals surface area contributed by atoms with E-state index in [1.54, 1.807) is 11.9 Å². The van der Waals surface area contributed by atoms with E-state index in [0.29, 0.717) is 13.1 Å². The fourth-order valence-electron chi connectivity index (χ4n) is 3.33. The van der Waals surface area contributed by atoms with Gasteiger partial charge < -0.3 is 14.7 Å². The lowest BCUT2D eigenvalue weighted by Crippen LogP contribution is -2.52. The van der Waals surface area contributed by atoms with Crippen LogP contribution < -0.4 is 4.90 Å². The summed E-state index contributed by atoms with van der Waals surface area (Å²) in [5, 5.41) is 0. The Labute approximate surface area is 147 Å². The molecule has 7 nitrogen and oxygen atoms in total. The minimum atomic E-state index is -0.396. The van der Waals surface area contributed by atoms with Gasteiger partial charge in [-0.15, -0.1) is 0 Å². The number of hydrogen-bond donors (Lipinski definition) is 0. The van der Waals surface area contributed by atoms with Gasteiger partial charge in [0.2, 0.25) is 5.91 Å². The topological polar surface area (TPSA) is 64.2 Å². The van der Waals surface area contributed by atoms with Crippen LogP contribution in [-0.2, 0) is 9.59 Å². The van der Waals surface area contributed by atoms with Gasteiger partial charge in [-0.05, 0) is 31.0 Å². The number of carbonyl (C=O) groups excluding carboxylic acids is 3. The number of rotatable bonds is 3. The van der Waals surface area contributed by atoms with Crippen LogP contribution in [0.4, 0.5) is 10.5 Å². The Morgan fingerprint density at radius 1 is 1.08 bits per heavy atom. The molecule has 2 aliphatic heterocycles. The second-order valence-electron chi connectivity index (χ2n) is 6.71. The van der Waals surface area contributed by atoms with Gasteiger partial charge in [0.1, 0.15) is 13.1 Å². The van der Waals surface area contributed by atoms with Crippen molar-refractivity contribution in [3.63, 3.8) is 0 Å². The van der Waals surface area contributed by atoms with Crippen molar-refractivity contribution in [2.24, 2.45) is 0 Å². The molecule has 1 aromatic rings. The summed E-state index contributed by atoms with van der Waals surface area (Å²) in [6.45, 7) is 6.78. The van der Waals surface area contributed by atoms with E-state index in [1.807, 2.05) is 0 Å². The first-order valence-electron chi connectivity index (χ1n) is 8.53. The fraction of sp³-hybridized carbons (Fsp3) is 0.500. The molecule has 0 spiro atoms. The molecule has 0 saturated carbocycles. The van der Waals surface area contributed by atoms with Crippen LogP contribution in [0.2, 0.25) is 0 Å². The second kappa shape index (κ2) is 6.74. The molecule has 3 rings (SSSR count). The minimum Gasteiger partial charge on any atom is -0.368 e. The third-order valence-corrected chi connectivity index (χ3v) is 5.07. The molecule has 25 heavy (non-hydrogen) atoms. The van der Waals surface area contributed by atoms with Crippen LogP contribution in [0.3, 0.4) is 0 Å². The first-order chi connectivity index (χ1) is 11.9. The van der Waals surface area contributed by atoms with Crippen molar-refractivity contribution in [1.29, 1.82) is 0 Å². The highest BCUT2D eigenvalue weighted by atomic mass is 16.2. The highest BCUT2D eigenvalue weighted by Crippen LogP contribution is 2.24. The lowest BCUT2D eigenvalue weighted by molar-refractivity contribution is -0.136. The Hall–Kier alpha value is -2.57. The zero-order valence-electron chi connectivity index (χ0n) is 15.0. The lowest BCUT2D eigenvalue weighted by Gasteiger charge is -2.37. The maximum atomic E-state index is 12.5. The molecule has 0 aliphatic carbocycles. The van der Waals surface area contributed by atoms with Crippen LogP contribution in [0.25, 0.3) is 0 Å². The highest BCUT2D eigenvalue weighted by molar-refractivity contribution is 6.04. The van der Waals surface area contributed by atoms with E-state index in [2.05, 4.69) is 36.9 Å². The normalized spacial score (nSPS) is 18.4. The summed E-state index contributed by atoms with van der Waals surface area (Å²) in [6.07, 6.45) is 0. The molecule has 134 valence electrons. The standard InChI is InChI=1S/C18H24N4O3/c1-13-5-4-6-15(14(13)2)20-7-9-21(10-8-20)16(23)12-22-17(24)11-19(3)18(22)25/h4-6H,7-12H2,1-3H3. The van der Waals surface area contributed by atoms with Gasteiger partial charge in [-0.3, -0.25) is 14.5 Å². The van der Waals surface area contributed by atoms with Crippen molar-refractivity contribution in [2.45, 2.75) is 13.8 Å². The van der Waals surface area contributed by atoms with E-state index in [0.717, 1.165) is 18.0 Å². The van der Waals surface area contributed by atoms with Gasteiger partial charge >= 0.3 is 6.03 Å². The number of benzene rings is 1. The number of urea groups is 1. The largest absolute Gasteiger partial charge is 0.368 e. The molecular weight excluding hydrogens is 320 g/mol. The summed E-state index contributed by atoms with van der Waals surface area (Å²) in [7, 11) is 1.56. The average Bonchev–Trinajstić information content (AvgIpc) is 2.84. The smallest absolute Gasteiger partial charge is 0.327 e. The summed E-state index contributed by atoms with van der Waals surface area (Å²) >= 11 is 0. The Bertz CT molecular complexity index is 710. The molecule has 1 aromatic carbocycles. The summed E-state index contributed by atoms with van der Waals surface area (Å²) in [6, 6.07) is 5.86. The van der Waals surface area contributed by atoms with Crippen molar-refractivity contribution in [1.82, 2.24) is 14.7 Å². The monoisotopic (exact) mass is 344 g/mol. The van der Waals surface area contributed by atoms with Crippen molar-refractivity contribution in [3.05, 3.63) is 29.3 Å². The summed E-state index contributed by atoms with van der Waals surface area (Å²) in [5.74, 6) is -0.479. The molecule has 0 bridgehead atoms. The van der Waals surface area contributed by atoms with Crippen LogP contribution in [0.5, 0.6) is 0 Å². The molecular formula is C18H24N4O3. The van der Waals surface area contributed by atoms with Crippen LogP contribution >= 0.6 is 0 Å². The fourth-order valence-corrected chi connectivity index (χ4v) is 3.33. The highest BCUT2D eigenvalue weighted by Gasteiger charge is 2.36. The Morgan fingerprint density at radius 2 is 1.76 bits per heavy atom. The Kier molecular flexibility index (Phi) is 4.65. The van der Waals surface area contributed by atoms with Gasteiger partial charge in [-0.2, -0.15) is 0 Å². The summed E-state index contributed by atoms with van der Waals surface area (Å²) in [5.41, 5.74) is 3.73. The van der Waals surface area contributed by atoms with Crippen molar-refractivity contribution < 1.29 is 14.4 Å².